The third-order valence-electron chi connectivity index (χ3n) is 6.75. The molecule has 4 heterocycles. The van der Waals surface area contributed by atoms with Crippen LogP contribution in [0.1, 0.15) is 46.9 Å². The number of nitrogens with zero attached hydrogens (tertiary/aromatic N) is 5. The number of aliphatic hydroxyl groups is 1. The molecule has 0 unspecified atom stereocenters. The standard InChI is InChI=1S/C24H29ClN6O4S/c1-15-11-31-22(26-23(15)29-12-16(13-29)14-32)10-20(27-31)21-5-3-4-8-30(21)24(33)18-9-17(25)6-7-19(18)28-36(2,34)35/h6-7,9-11,16,21,28,32H,3-5,8,12-14H2,1-2H3/t21-/m0/s1. The highest BCUT2D eigenvalue weighted by Gasteiger charge is 2.33. The predicted molar refractivity (Wildman–Crippen MR) is 138 cm³/mol. The number of piperidine rings is 1. The third kappa shape index (κ3) is 4.87. The van der Waals surface area contributed by atoms with Gasteiger partial charge in [-0.3, -0.25) is 9.52 Å². The van der Waals surface area contributed by atoms with Crippen LogP contribution in [0, 0.1) is 12.8 Å². The fourth-order valence-electron chi connectivity index (χ4n) is 4.98. The average molecular weight is 533 g/mol. The van der Waals surface area contributed by atoms with Crippen molar-refractivity contribution in [3.8, 4) is 0 Å². The molecular formula is C24H29ClN6O4S. The van der Waals surface area contributed by atoms with Gasteiger partial charge in [0, 0.05) is 55.0 Å². The van der Waals surface area contributed by atoms with Gasteiger partial charge in [-0.05, 0) is 44.4 Å². The van der Waals surface area contributed by atoms with Gasteiger partial charge in [-0.15, -0.1) is 0 Å². The molecule has 0 radical (unpaired) electrons. The maximum atomic E-state index is 13.7. The van der Waals surface area contributed by atoms with Crippen LogP contribution in [-0.4, -0.2) is 71.4 Å². The van der Waals surface area contributed by atoms with E-state index in [4.69, 9.17) is 21.7 Å². The van der Waals surface area contributed by atoms with Crippen LogP contribution in [0.2, 0.25) is 5.02 Å². The lowest BCUT2D eigenvalue weighted by Crippen LogP contribution is -2.49. The lowest BCUT2D eigenvalue weighted by molar-refractivity contribution is 0.0607. The molecule has 5 rings (SSSR count). The summed E-state index contributed by atoms with van der Waals surface area (Å²) in [5, 5.41) is 14.5. The molecule has 2 N–H and O–H groups in total. The first-order valence-electron chi connectivity index (χ1n) is 11.9. The van der Waals surface area contributed by atoms with Gasteiger partial charge in [0.1, 0.15) is 5.82 Å². The van der Waals surface area contributed by atoms with Crippen molar-refractivity contribution < 1.29 is 18.3 Å². The Kier molecular flexibility index (Phi) is 6.56. The number of fused-ring (bicyclic) bond motifs is 1. The molecule has 2 saturated heterocycles. The fraction of sp³-hybridized carbons (Fsp3) is 0.458. The maximum absolute atomic E-state index is 13.7. The van der Waals surface area contributed by atoms with E-state index in [2.05, 4.69) is 9.62 Å². The Morgan fingerprint density at radius 1 is 1.25 bits per heavy atom. The summed E-state index contributed by atoms with van der Waals surface area (Å²) in [6.07, 6.45) is 5.51. The van der Waals surface area contributed by atoms with Gasteiger partial charge in [-0.2, -0.15) is 5.10 Å². The SMILES string of the molecule is Cc1cn2nc([C@@H]3CCCCN3C(=O)c3cc(Cl)ccc3NS(C)(=O)=O)cc2nc1N1CC(CO)C1. The summed E-state index contributed by atoms with van der Waals surface area (Å²) in [6, 6.07) is 6.19. The zero-order chi connectivity index (χ0) is 25.6. The average Bonchev–Trinajstić information content (AvgIpc) is 3.21. The van der Waals surface area contributed by atoms with Gasteiger partial charge in [-0.1, -0.05) is 11.6 Å². The van der Waals surface area contributed by atoms with Crippen LogP contribution in [0.3, 0.4) is 0 Å². The van der Waals surface area contributed by atoms with Crippen LogP contribution < -0.4 is 9.62 Å². The van der Waals surface area contributed by atoms with E-state index < -0.39 is 10.0 Å². The minimum Gasteiger partial charge on any atom is -0.396 e. The van der Waals surface area contributed by atoms with E-state index in [9.17, 15) is 18.3 Å². The number of aryl methyl sites for hydroxylation is 1. The van der Waals surface area contributed by atoms with Crippen molar-refractivity contribution in [2.45, 2.75) is 32.2 Å². The first-order valence-corrected chi connectivity index (χ1v) is 14.2. The summed E-state index contributed by atoms with van der Waals surface area (Å²) in [5.74, 6) is 0.856. The molecule has 192 valence electrons. The zero-order valence-corrected chi connectivity index (χ0v) is 21.8. The molecule has 1 amide bonds. The summed E-state index contributed by atoms with van der Waals surface area (Å²) in [7, 11) is -3.58. The van der Waals surface area contributed by atoms with Gasteiger partial charge in [-0.25, -0.2) is 17.9 Å². The summed E-state index contributed by atoms with van der Waals surface area (Å²) >= 11 is 6.18. The van der Waals surface area contributed by atoms with Crippen LogP contribution in [0.25, 0.3) is 5.65 Å². The van der Waals surface area contributed by atoms with E-state index >= 15 is 0 Å². The quantitative estimate of drug-likeness (QED) is 0.501. The molecule has 10 nitrogen and oxygen atoms in total. The molecule has 2 aliphatic heterocycles. The van der Waals surface area contributed by atoms with Crippen LogP contribution in [0.15, 0.2) is 30.5 Å². The van der Waals surface area contributed by atoms with Crippen molar-refractivity contribution in [1.82, 2.24) is 19.5 Å². The molecule has 0 aliphatic carbocycles. The molecule has 2 fully saturated rings. The Balaban J connectivity index is 1.47. The maximum Gasteiger partial charge on any atom is 0.256 e. The molecule has 2 aliphatic rings. The van der Waals surface area contributed by atoms with E-state index in [0.717, 1.165) is 55.7 Å². The Morgan fingerprint density at radius 3 is 2.75 bits per heavy atom. The highest BCUT2D eigenvalue weighted by Crippen LogP contribution is 2.34. The number of anilines is 2. The summed E-state index contributed by atoms with van der Waals surface area (Å²) < 4.78 is 27.9. The van der Waals surface area contributed by atoms with E-state index in [-0.39, 0.29) is 35.7 Å². The normalized spacial score (nSPS) is 18.9. The lowest BCUT2D eigenvalue weighted by atomic mass is 9.98. The number of aliphatic hydroxyl groups excluding tert-OH is 1. The number of benzene rings is 1. The molecule has 2 aromatic heterocycles. The number of amides is 1. The second-order valence-corrected chi connectivity index (χ2v) is 11.8. The van der Waals surface area contributed by atoms with Crippen molar-refractivity contribution in [2.75, 3.05) is 42.1 Å². The number of hydrogen-bond donors (Lipinski definition) is 2. The number of aromatic nitrogens is 3. The van der Waals surface area contributed by atoms with E-state index in [1.54, 1.807) is 15.5 Å². The Bertz CT molecular complexity index is 1420. The molecule has 3 aromatic rings. The number of likely N-dealkylation sites (tertiary alicyclic amines) is 1. The van der Waals surface area contributed by atoms with Gasteiger partial charge in [0.2, 0.25) is 10.0 Å². The van der Waals surface area contributed by atoms with E-state index in [1.807, 2.05) is 19.2 Å². The van der Waals surface area contributed by atoms with Crippen LogP contribution in [-0.2, 0) is 10.0 Å². The first kappa shape index (κ1) is 24.8. The summed E-state index contributed by atoms with van der Waals surface area (Å²) in [6.45, 7) is 4.23. The van der Waals surface area contributed by atoms with Crippen LogP contribution >= 0.6 is 11.6 Å². The number of carbonyl (C=O) groups is 1. The van der Waals surface area contributed by atoms with Crippen LogP contribution in [0.4, 0.5) is 11.5 Å². The summed E-state index contributed by atoms with van der Waals surface area (Å²) in [4.78, 5) is 22.4. The van der Waals surface area contributed by atoms with E-state index in [0.29, 0.717) is 17.2 Å². The Morgan fingerprint density at radius 2 is 2.03 bits per heavy atom. The van der Waals surface area contributed by atoms with Crippen molar-refractivity contribution in [1.29, 1.82) is 0 Å². The third-order valence-corrected chi connectivity index (χ3v) is 7.58. The summed E-state index contributed by atoms with van der Waals surface area (Å²) in [5.41, 5.74) is 2.82. The van der Waals surface area contributed by atoms with Gasteiger partial charge in [0.05, 0.1) is 29.2 Å². The molecule has 0 saturated carbocycles. The molecule has 1 atom stereocenters. The molecular weight excluding hydrogens is 504 g/mol. The van der Waals surface area contributed by atoms with Gasteiger partial charge in [0.15, 0.2) is 5.65 Å². The largest absolute Gasteiger partial charge is 0.396 e. The second kappa shape index (κ2) is 9.53. The highest BCUT2D eigenvalue weighted by molar-refractivity contribution is 7.92. The smallest absolute Gasteiger partial charge is 0.256 e. The minimum atomic E-state index is -3.58. The number of halogens is 1. The molecule has 0 spiro atoms. The molecule has 12 heteroatoms. The number of rotatable bonds is 6. The van der Waals surface area contributed by atoms with Gasteiger partial charge < -0.3 is 14.9 Å². The van der Waals surface area contributed by atoms with Crippen molar-refractivity contribution in [2.24, 2.45) is 5.92 Å². The van der Waals surface area contributed by atoms with E-state index in [1.165, 1.54) is 12.1 Å². The minimum absolute atomic E-state index is 0.175. The number of hydrogen-bond acceptors (Lipinski definition) is 7. The number of sulfonamides is 1. The van der Waals surface area contributed by atoms with Crippen molar-refractivity contribution in [3.63, 3.8) is 0 Å². The fourth-order valence-corrected chi connectivity index (χ4v) is 5.73. The number of nitrogens with one attached hydrogen (secondary N) is 1. The predicted octanol–water partition coefficient (Wildman–Crippen LogP) is 2.86. The topological polar surface area (TPSA) is 120 Å². The molecule has 0 bridgehead atoms. The zero-order valence-electron chi connectivity index (χ0n) is 20.2. The Hall–Kier alpha value is -2.89. The van der Waals surface area contributed by atoms with Crippen molar-refractivity contribution in [3.05, 3.63) is 52.3 Å². The highest BCUT2D eigenvalue weighted by atomic mass is 35.5. The van der Waals surface area contributed by atoms with Gasteiger partial charge >= 0.3 is 0 Å². The van der Waals surface area contributed by atoms with Gasteiger partial charge in [0.25, 0.3) is 5.91 Å². The monoisotopic (exact) mass is 532 g/mol. The van der Waals surface area contributed by atoms with Crippen LogP contribution in [0.5, 0.6) is 0 Å². The molecule has 36 heavy (non-hydrogen) atoms. The lowest BCUT2D eigenvalue weighted by Gasteiger charge is -2.39. The first-order chi connectivity index (χ1) is 17.1. The van der Waals surface area contributed by atoms with Crippen molar-refractivity contribution >= 4 is 44.7 Å². The second-order valence-electron chi connectivity index (χ2n) is 9.65. The number of carbonyl (C=O) groups excluding carboxylic acids is 1. The Labute approximate surface area is 214 Å². The molecule has 1 aromatic carbocycles.